The minimum atomic E-state index is -0.380. The lowest BCUT2D eigenvalue weighted by Gasteiger charge is -2.32. The van der Waals surface area contributed by atoms with Crippen LogP contribution in [0.15, 0.2) is 154 Å². The van der Waals surface area contributed by atoms with E-state index in [0.29, 0.717) is 17.5 Å². The summed E-state index contributed by atoms with van der Waals surface area (Å²) in [5, 5.41) is 4.55. The molecule has 0 spiro atoms. The molecule has 1 aliphatic heterocycles. The van der Waals surface area contributed by atoms with Gasteiger partial charge in [-0.25, -0.2) is 4.98 Å². The normalized spacial score (nSPS) is 14.1. The number of benzene rings is 6. The molecule has 11 rings (SSSR count). The second kappa shape index (κ2) is 16.9. The molecule has 0 saturated carbocycles. The van der Waals surface area contributed by atoms with Gasteiger partial charge in [0.1, 0.15) is 22.3 Å². The van der Waals surface area contributed by atoms with Crippen LogP contribution in [0.4, 0.5) is 0 Å². The topological polar surface area (TPSA) is 122 Å². The van der Waals surface area contributed by atoms with Crippen molar-refractivity contribution >= 4 is 91.3 Å². The third kappa shape index (κ3) is 8.25. The van der Waals surface area contributed by atoms with Gasteiger partial charge in [-0.3, -0.25) is 0 Å². The summed E-state index contributed by atoms with van der Waals surface area (Å²) in [6.07, 6.45) is 0. The summed E-state index contributed by atoms with van der Waals surface area (Å²) in [6.45, 7) is 8.28. The third-order valence-electron chi connectivity index (χ3n) is 10.8. The first-order valence-electron chi connectivity index (χ1n) is 19.7. The Morgan fingerprint density at radius 2 is 0.823 bits per heavy atom. The Kier molecular flexibility index (Phi) is 11.2. The predicted molar refractivity (Wildman–Crippen MR) is 248 cm³/mol. The van der Waals surface area contributed by atoms with E-state index in [4.69, 9.17) is 52.9 Å². The molecule has 0 N–H and O–H groups in total. The van der Waals surface area contributed by atoms with Crippen LogP contribution in [-0.2, 0) is 9.31 Å². The number of furan rings is 2. The van der Waals surface area contributed by atoms with Crippen molar-refractivity contribution < 1.29 is 18.1 Å². The average molecular weight is 878 g/mol. The number of aromatic nitrogens is 6. The molecule has 10 nitrogen and oxygen atoms in total. The van der Waals surface area contributed by atoms with Gasteiger partial charge < -0.3 is 18.1 Å². The van der Waals surface area contributed by atoms with Crippen LogP contribution in [0.5, 0.6) is 0 Å². The molecule has 1 saturated heterocycles. The molecule has 0 atom stereocenters. The number of hydrogen-bond donors (Lipinski definition) is 0. The van der Waals surface area contributed by atoms with Crippen LogP contribution in [0.2, 0.25) is 15.9 Å². The molecule has 0 amide bonds. The fraction of sp³-hybridized carbons (Fsp3) is 0.125. The molecule has 306 valence electrons. The molecule has 1 aliphatic rings. The Bertz CT molecular complexity index is 3180. The predicted octanol–water partition coefficient (Wildman–Crippen LogP) is 12.5. The Labute approximate surface area is 372 Å². The van der Waals surface area contributed by atoms with Crippen molar-refractivity contribution in [3.05, 3.63) is 161 Å². The monoisotopic (exact) mass is 876 g/mol. The van der Waals surface area contributed by atoms with Gasteiger partial charge in [-0.1, -0.05) is 121 Å². The maximum atomic E-state index is 6.21. The Morgan fingerprint density at radius 1 is 0.403 bits per heavy atom. The zero-order chi connectivity index (χ0) is 43.0. The van der Waals surface area contributed by atoms with Crippen LogP contribution >= 0.6 is 34.8 Å². The van der Waals surface area contributed by atoms with Crippen LogP contribution in [0, 0.1) is 0 Å². The maximum Gasteiger partial charge on any atom is 0.495 e. The first kappa shape index (κ1) is 41.2. The van der Waals surface area contributed by atoms with E-state index in [2.05, 4.69) is 69.7 Å². The minimum absolute atomic E-state index is 0.101. The van der Waals surface area contributed by atoms with E-state index in [1.165, 1.54) is 0 Å². The zero-order valence-corrected chi connectivity index (χ0v) is 36.2. The molecule has 10 aromatic rings. The van der Waals surface area contributed by atoms with Crippen LogP contribution in [0.3, 0.4) is 0 Å². The van der Waals surface area contributed by atoms with Gasteiger partial charge in [0.25, 0.3) is 0 Å². The van der Waals surface area contributed by atoms with Crippen LogP contribution in [-0.4, -0.2) is 48.2 Å². The van der Waals surface area contributed by atoms with Gasteiger partial charge >= 0.3 is 7.12 Å². The van der Waals surface area contributed by atoms with Gasteiger partial charge in [0.05, 0.1) is 11.2 Å². The molecule has 0 unspecified atom stereocenters. The Hall–Kier alpha value is -6.21. The van der Waals surface area contributed by atoms with E-state index in [9.17, 15) is 0 Å². The first-order valence-corrected chi connectivity index (χ1v) is 20.8. The summed E-state index contributed by atoms with van der Waals surface area (Å²) in [4.78, 5) is 24.9. The molecular formula is C48H36BCl3N6O4. The van der Waals surface area contributed by atoms with Crippen molar-refractivity contribution in [3.8, 4) is 34.2 Å². The Morgan fingerprint density at radius 3 is 1.39 bits per heavy atom. The molecule has 4 aromatic heterocycles. The number of rotatable bonds is 4. The lowest BCUT2D eigenvalue weighted by Crippen LogP contribution is -2.41. The van der Waals surface area contributed by atoms with E-state index in [1.54, 1.807) is 0 Å². The largest absolute Gasteiger partial charge is 0.495 e. The fourth-order valence-corrected chi connectivity index (χ4v) is 7.68. The fourth-order valence-electron chi connectivity index (χ4n) is 7.16. The summed E-state index contributed by atoms with van der Waals surface area (Å²) >= 11 is 17.5. The van der Waals surface area contributed by atoms with E-state index < -0.39 is 0 Å². The molecule has 6 aromatic carbocycles. The number of fused-ring (bicyclic) bond motifs is 6. The van der Waals surface area contributed by atoms with Crippen LogP contribution < -0.4 is 5.46 Å². The molecule has 14 heteroatoms. The van der Waals surface area contributed by atoms with Gasteiger partial charge in [0.15, 0.2) is 17.5 Å². The van der Waals surface area contributed by atoms with Crippen molar-refractivity contribution in [1.82, 2.24) is 29.9 Å². The smallest absolute Gasteiger partial charge is 0.456 e. The quantitative estimate of drug-likeness (QED) is 0.158. The van der Waals surface area contributed by atoms with Gasteiger partial charge in [-0.05, 0) is 92.2 Å². The van der Waals surface area contributed by atoms with E-state index in [1.807, 2.05) is 133 Å². The highest BCUT2D eigenvalue weighted by Crippen LogP contribution is 2.39. The van der Waals surface area contributed by atoms with Crippen molar-refractivity contribution in [1.29, 1.82) is 0 Å². The lowest BCUT2D eigenvalue weighted by molar-refractivity contribution is 0.00578. The van der Waals surface area contributed by atoms with Gasteiger partial charge in [0.2, 0.25) is 15.9 Å². The second-order valence-electron chi connectivity index (χ2n) is 15.4. The summed E-state index contributed by atoms with van der Waals surface area (Å²) in [5.41, 5.74) is 6.34. The van der Waals surface area contributed by atoms with Crippen molar-refractivity contribution in [2.45, 2.75) is 38.9 Å². The minimum Gasteiger partial charge on any atom is -0.456 e. The average Bonchev–Trinajstić information content (AvgIpc) is 3.92. The van der Waals surface area contributed by atoms with Gasteiger partial charge in [-0.2, -0.15) is 24.9 Å². The number of hydrogen-bond acceptors (Lipinski definition) is 10. The number of halogens is 3. The molecule has 1 fully saturated rings. The summed E-state index contributed by atoms with van der Waals surface area (Å²) < 4.78 is 24.3. The highest BCUT2D eigenvalue weighted by Gasteiger charge is 2.52. The molecule has 0 bridgehead atoms. The van der Waals surface area contributed by atoms with Gasteiger partial charge in [0, 0.05) is 38.2 Å². The lowest BCUT2D eigenvalue weighted by atomic mass is 9.76. The van der Waals surface area contributed by atoms with E-state index in [-0.39, 0.29) is 34.2 Å². The Balaban J connectivity index is 0.000000124. The van der Waals surface area contributed by atoms with Crippen molar-refractivity contribution in [2.75, 3.05) is 0 Å². The molecule has 0 aliphatic carbocycles. The molecule has 62 heavy (non-hydrogen) atoms. The van der Waals surface area contributed by atoms with Gasteiger partial charge in [-0.15, -0.1) is 0 Å². The van der Waals surface area contributed by atoms with E-state index >= 15 is 0 Å². The summed E-state index contributed by atoms with van der Waals surface area (Å²) in [5.74, 6) is 1.56. The highest BCUT2D eigenvalue weighted by atomic mass is 35.5. The standard InChI is InChI=1S/C21H12ClN3O.C18H19BO3.C9H5Cl2N3/c22-21-24-19(13-7-2-1-3-8-13)23-20(25-21)15-10-6-12-17-18(15)14-9-4-5-11-16(14)26-17;1-17(2)18(3,4)22-19(21-17)13-9-7-11-15-16(13)12-8-5-6-10-14(12)20-15;10-8-12-7(13-9(11)14-8)6-4-2-1-3-5-6/h1-12H;5-11H,1-4H3;1-5H. The SMILES string of the molecule is CC1(C)OB(c2cccc3oc4ccccc4c23)OC1(C)C.Clc1nc(-c2ccccc2)nc(-c2cccc3oc4ccccc4c23)n1.Clc1nc(Cl)nc(-c2ccccc2)n1. The molecular weight excluding hydrogens is 842 g/mol. The first-order chi connectivity index (χ1) is 29.9. The molecule has 0 radical (unpaired) electrons. The van der Waals surface area contributed by atoms with E-state index in [0.717, 1.165) is 66.0 Å². The third-order valence-corrected chi connectivity index (χ3v) is 11.3. The highest BCUT2D eigenvalue weighted by molar-refractivity contribution is 6.66. The zero-order valence-electron chi connectivity index (χ0n) is 33.9. The van der Waals surface area contributed by atoms with Crippen LogP contribution in [0.25, 0.3) is 78.0 Å². The van der Waals surface area contributed by atoms with Crippen molar-refractivity contribution in [2.24, 2.45) is 0 Å². The second-order valence-corrected chi connectivity index (χ2v) is 16.4. The summed E-state index contributed by atoms with van der Waals surface area (Å²) in [7, 11) is -0.380. The maximum absolute atomic E-state index is 6.21. The van der Waals surface area contributed by atoms with Crippen molar-refractivity contribution in [3.63, 3.8) is 0 Å². The number of nitrogens with zero attached hydrogens (tertiary/aromatic N) is 6. The number of para-hydroxylation sites is 2. The summed E-state index contributed by atoms with van der Waals surface area (Å²) in [6, 6.07) is 47.1. The van der Waals surface area contributed by atoms with Crippen LogP contribution in [0.1, 0.15) is 27.7 Å². The molecule has 5 heterocycles.